The van der Waals surface area contributed by atoms with E-state index in [4.69, 9.17) is 14.7 Å². The first-order valence-corrected chi connectivity index (χ1v) is 6.95. The number of benzene rings is 1. The van der Waals surface area contributed by atoms with E-state index in [1.165, 1.54) is 6.20 Å². The molecule has 0 spiro atoms. The Morgan fingerprint density at radius 2 is 2.05 bits per heavy atom. The molecule has 0 unspecified atom stereocenters. The van der Waals surface area contributed by atoms with Gasteiger partial charge < -0.3 is 20.1 Å². The lowest BCUT2D eigenvalue weighted by molar-refractivity contribution is -0.117. The number of nitriles is 1. The van der Waals surface area contributed by atoms with Gasteiger partial charge in [0.05, 0.1) is 7.11 Å². The average Bonchev–Trinajstić information content (AvgIpc) is 2.56. The number of carbonyl (C=O) groups excluding carboxylic acids is 1. The second-order valence-corrected chi connectivity index (χ2v) is 4.50. The van der Waals surface area contributed by atoms with Crippen LogP contribution in [0.25, 0.3) is 0 Å². The molecule has 0 aliphatic heterocycles. The number of hydrogen-bond acceptors (Lipinski definition) is 5. The van der Waals surface area contributed by atoms with Crippen LogP contribution in [0.5, 0.6) is 5.75 Å². The fourth-order valence-electron chi connectivity index (χ4n) is 1.66. The Morgan fingerprint density at radius 3 is 2.64 bits per heavy atom. The molecule has 0 saturated heterocycles. The molecule has 0 aromatic heterocycles. The first kappa shape index (κ1) is 17.5. The number of amides is 1. The molecule has 1 aromatic carbocycles. The number of nitrogens with zero attached hydrogens (tertiary/aromatic N) is 1. The summed E-state index contributed by atoms with van der Waals surface area (Å²) in [5.74, 6) is 0.352. The van der Waals surface area contributed by atoms with E-state index in [1.807, 2.05) is 30.3 Å². The van der Waals surface area contributed by atoms with Gasteiger partial charge in [0.1, 0.15) is 17.4 Å². The maximum Gasteiger partial charge on any atom is 0.263 e. The van der Waals surface area contributed by atoms with Crippen molar-refractivity contribution < 1.29 is 14.3 Å². The molecular weight excluding hydrogens is 282 g/mol. The van der Waals surface area contributed by atoms with Crippen LogP contribution in [0, 0.1) is 11.3 Å². The SMILES string of the molecule is COCCCN/C=C(/C#N)C(=O)NCc1ccc(OC)cc1. The first-order chi connectivity index (χ1) is 10.7. The number of rotatable bonds is 9. The molecule has 6 nitrogen and oxygen atoms in total. The minimum absolute atomic E-state index is 0.0472. The first-order valence-electron chi connectivity index (χ1n) is 6.95. The summed E-state index contributed by atoms with van der Waals surface area (Å²) < 4.78 is 9.98. The van der Waals surface area contributed by atoms with Crippen molar-refractivity contribution in [3.63, 3.8) is 0 Å². The molecule has 2 N–H and O–H groups in total. The summed E-state index contributed by atoms with van der Waals surface area (Å²) in [6, 6.07) is 9.24. The number of hydrogen-bond donors (Lipinski definition) is 2. The van der Waals surface area contributed by atoms with E-state index in [0.717, 1.165) is 17.7 Å². The van der Waals surface area contributed by atoms with Crippen LogP contribution < -0.4 is 15.4 Å². The lowest BCUT2D eigenvalue weighted by atomic mass is 10.2. The largest absolute Gasteiger partial charge is 0.497 e. The predicted octanol–water partition coefficient (Wildman–Crippen LogP) is 1.34. The summed E-state index contributed by atoms with van der Waals surface area (Å²) in [5, 5.41) is 14.6. The van der Waals surface area contributed by atoms with Crippen molar-refractivity contribution in [3.05, 3.63) is 41.6 Å². The molecule has 0 bridgehead atoms. The van der Waals surface area contributed by atoms with Crippen molar-refractivity contribution in [1.82, 2.24) is 10.6 Å². The van der Waals surface area contributed by atoms with Gasteiger partial charge in [-0.2, -0.15) is 5.26 Å². The van der Waals surface area contributed by atoms with E-state index in [-0.39, 0.29) is 5.57 Å². The monoisotopic (exact) mass is 303 g/mol. The summed E-state index contributed by atoms with van der Waals surface area (Å²) in [4.78, 5) is 11.9. The smallest absolute Gasteiger partial charge is 0.263 e. The molecule has 0 saturated carbocycles. The Kier molecular flexibility index (Phi) is 8.16. The molecule has 0 aliphatic rings. The fraction of sp³-hybridized carbons (Fsp3) is 0.375. The van der Waals surface area contributed by atoms with Crippen LogP contribution in [-0.4, -0.2) is 33.3 Å². The van der Waals surface area contributed by atoms with Crippen LogP contribution in [0.1, 0.15) is 12.0 Å². The van der Waals surface area contributed by atoms with E-state index in [1.54, 1.807) is 14.2 Å². The minimum atomic E-state index is -0.405. The molecular formula is C16H21N3O3. The Hall–Kier alpha value is -2.52. The molecule has 6 heteroatoms. The highest BCUT2D eigenvalue weighted by molar-refractivity contribution is 5.97. The Labute approximate surface area is 130 Å². The van der Waals surface area contributed by atoms with Crippen LogP contribution in [-0.2, 0) is 16.1 Å². The Bertz CT molecular complexity index is 533. The zero-order valence-corrected chi connectivity index (χ0v) is 12.9. The predicted molar refractivity (Wildman–Crippen MR) is 83.0 cm³/mol. The second-order valence-electron chi connectivity index (χ2n) is 4.50. The summed E-state index contributed by atoms with van der Waals surface area (Å²) in [6.07, 6.45) is 2.23. The van der Waals surface area contributed by atoms with Gasteiger partial charge >= 0.3 is 0 Å². The van der Waals surface area contributed by atoms with Crippen molar-refractivity contribution in [2.45, 2.75) is 13.0 Å². The molecule has 118 valence electrons. The zero-order chi connectivity index (χ0) is 16.2. The van der Waals surface area contributed by atoms with Gasteiger partial charge in [0.15, 0.2) is 0 Å². The number of nitrogens with one attached hydrogen (secondary N) is 2. The summed E-state index contributed by atoms with van der Waals surface area (Å²) >= 11 is 0. The van der Waals surface area contributed by atoms with Crippen LogP contribution in [0.4, 0.5) is 0 Å². The van der Waals surface area contributed by atoms with E-state index in [9.17, 15) is 4.79 Å². The Balaban J connectivity index is 2.43. The van der Waals surface area contributed by atoms with Gasteiger partial charge in [-0.05, 0) is 24.1 Å². The number of ether oxygens (including phenoxy) is 2. The fourth-order valence-corrected chi connectivity index (χ4v) is 1.66. The van der Waals surface area contributed by atoms with E-state index in [2.05, 4.69) is 10.6 Å². The Morgan fingerprint density at radius 1 is 1.32 bits per heavy atom. The third-order valence-electron chi connectivity index (χ3n) is 2.89. The summed E-state index contributed by atoms with van der Waals surface area (Å²) in [7, 11) is 3.23. The maximum atomic E-state index is 11.9. The zero-order valence-electron chi connectivity index (χ0n) is 12.9. The molecule has 0 atom stereocenters. The van der Waals surface area contributed by atoms with E-state index < -0.39 is 5.91 Å². The van der Waals surface area contributed by atoms with E-state index in [0.29, 0.717) is 19.7 Å². The normalized spacial score (nSPS) is 10.7. The topological polar surface area (TPSA) is 83.4 Å². The van der Waals surface area contributed by atoms with Gasteiger partial charge in [-0.3, -0.25) is 4.79 Å². The van der Waals surface area contributed by atoms with Crippen molar-refractivity contribution in [2.75, 3.05) is 27.4 Å². The molecule has 22 heavy (non-hydrogen) atoms. The average molecular weight is 303 g/mol. The quantitative estimate of drug-likeness (QED) is 0.409. The number of methoxy groups -OCH3 is 2. The maximum absolute atomic E-state index is 11.9. The second kappa shape index (κ2) is 10.2. The van der Waals surface area contributed by atoms with Gasteiger partial charge in [0, 0.05) is 33.0 Å². The van der Waals surface area contributed by atoms with Crippen molar-refractivity contribution in [1.29, 1.82) is 5.26 Å². The molecule has 0 aliphatic carbocycles. The number of carbonyl (C=O) groups is 1. The lowest BCUT2D eigenvalue weighted by Crippen LogP contribution is -2.25. The molecule has 1 amide bonds. The van der Waals surface area contributed by atoms with Crippen molar-refractivity contribution in [3.8, 4) is 11.8 Å². The standard InChI is InChI=1S/C16H21N3O3/c1-21-9-3-8-18-12-14(10-17)16(20)19-11-13-4-6-15(22-2)7-5-13/h4-7,12,18H,3,8-9,11H2,1-2H3,(H,19,20)/b14-12-. The van der Waals surface area contributed by atoms with Gasteiger partial charge in [-0.15, -0.1) is 0 Å². The molecule has 1 aromatic rings. The van der Waals surface area contributed by atoms with Crippen molar-refractivity contribution in [2.24, 2.45) is 0 Å². The summed E-state index contributed by atoms with van der Waals surface area (Å²) in [5.41, 5.74) is 0.977. The van der Waals surface area contributed by atoms with Crippen LogP contribution in [0.15, 0.2) is 36.0 Å². The van der Waals surface area contributed by atoms with Crippen LogP contribution in [0.2, 0.25) is 0 Å². The van der Waals surface area contributed by atoms with Gasteiger partial charge in [0.25, 0.3) is 5.91 Å². The third kappa shape index (κ3) is 6.29. The highest BCUT2D eigenvalue weighted by Crippen LogP contribution is 2.11. The van der Waals surface area contributed by atoms with Gasteiger partial charge in [-0.1, -0.05) is 12.1 Å². The van der Waals surface area contributed by atoms with Crippen LogP contribution >= 0.6 is 0 Å². The minimum Gasteiger partial charge on any atom is -0.497 e. The van der Waals surface area contributed by atoms with E-state index >= 15 is 0 Å². The molecule has 0 fully saturated rings. The van der Waals surface area contributed by atoms with Crippen molar-refractivity contribution >= 4 is 5.91 Å². The molecule has 0 heterocycles. The molecule has 0 radical (unpaired) electrons. The third-order valence-corrected chi connectivity index (χ3v) is 2.89. The lowest BCUT2D eigenvalue weighted by Gasteiger charge is -2.06. The van der Waals surface area contributed by atoms with Gasteiger partial charge in [0.2, 0.25) is 0 Å². The highest BCUT2D eigenvalue weighted by Gasteiger charge is 2.08. The summed E-state index contributed by atoms with van der Waals surface area (Å²) in [6.45, 7) is 1.63. The highest BCUT2D eigenvalue weighted by atomic mass is 16.5. The van der Waals surface area contributed by atoms with Crippen LogP contribution in [0.3, 0.4) is 0 Å². The molecule has 1 rings (SSSR count). The van der Waals surface area contributed by atoms with Gasteiger partial charge in [-0.25, -0.2) is 0 Å².